The van der Waals surface area contributed by atoms with Crippen molar-refractivity contribution in [2.24, 2.45) is 5.73 Å². The predicted octanol–water partition coefficient (Wildman–Crippen LogP) is 1.37. The third kappa shape index (κ3) is 3.86. The van der Waals surface area contributed by atoms with Gasteiger partial charge in [-0.2, -0.15) is 0 Å². The van der Waals surface area contributed by atoms with Crippen molar-refractivity contribution in [3.8, 4) is 0 Å². The zero-order valence-electron chi connectivity index (χ0n) is 13.8. The average Bonchev–Trinajstić information content (AvgIpc) is 2.91. The van der Waals surface area contributed by atoms with Gasteiger partial charge in [0, 0.05) is 23.7 Å². The van der Waals surface area contributed by atoms with Crippen LogP contribution in [0.15, 0.2) is 36.4 Å². The monoisotopic (exact) mass is 359 g/mol. The van der Waals surface area contributed by atoms with E-state index in [0.717, 1.165) is 21.2 Å². The van der Waals surface area contributed by atoms with E-state index in [1.165, 1.54) is 17.0 Å². The molecule has 0 saturated carbocycles. The molecule has 0 aliphatic carbocycles. The summed E-state index contributed by atoms with van der Waals surface area (Å²) in [6, 6.07) is 7.80. The Hall–Kier alpha value is -2.32. The molecule has 2 aromatic carbocycles. The standard InChI is InChI=1S/C17H16BF2N3OS/c1-23(12-2-3-15-14(8-12)22-17(18)25-15)16(24)13(21)6-9-4-10(19)7-11(20)5-9/h2-5,7-8,13H,6,18,21H2,1H3. The van der Waals surface area contributed by atoms with Gasteiger partial charge in [0.15, 0.2) is 7.85 Å². The fraction of sp³-hybridized carbons (Fsp3) is 0.176. The molecule has 0 spiro atoms. The number of halogens is 2. The molecule has 0 fully saturated rings. The first-order valence-electron chi connectivity index (χ1n) is 7.69. The third-order valence-electron chi connectivity index (χ3n) is 3.89. The number of hydrogen-bond acceptors (Lipinski definition) is 4. The van der Waals surface area contributed by atoms with Crippen molar-refractivity contribution < 1.29 is 13.6 Å². The summed E-state index contributed by atoms with van der Waals surface area (Å²) >= 11 is 1.58. The van der Waals surface area contributed by atoms with E-state index >= 15 is 0 Å². The lowest BCUT2D eigenvalue weighted by molar-refractivity contribution is -0.119. The highest BCUT2D eigenvalue weighted by Crippen LogP contribution is 2.23. The van der Waals surface area contributed by atoms with Crippen molar-refractivity contribution >= 4 is 45.9 Å². The highest BCUT2D eigenvalue weighted by Gasteiger charge is 2.20. The molecule has 8 heteroatoms. The summed E-state index contributed by atoms with van der Waals surface area (Å²) in [5.41, 5.74) is 7.79. The minimum absolute atomic E-state index is 0.0515. The van der Waals surface area contributed by atoms with Crippen LogP contribution in [0.4, 0.5) is 14.5 Å². The number of benzene rings is 2. The maximum atomic E-state index is 13.3. The molecule has 2 N–H and O–H groups in total. The number of carbonyl (C=O) groups is 1. The molecule has 1 aromatic heterocycles. The molecule has 0 aliphatic heterocycles. The fourth-order valence-corrected chi connectivity index (χ4v) is 3.49. The number of fused-ring (bicyclic) bond motifs is 1. The quantitative estimate of drug-likeness (QED) is 0.716. The lowest BCUT2D eigenvalue weighted by Crippen LogP contribution is -2.43. The van der Waals surface area contributed by atoms with E-state index in [4.69, 9.17) is 5.73 Å². The van der Waals surface area contributed by atoms with E-state index in [2.05, 4.69) is 4.98 Å². The molecule has 0 radical (unpaired) electrons. The number of hydrogen-bond donors (Lipinski definition) is 1. The first kappa shape index (κ1) is 17.5. The summed E-state index contributed by atoms with van der Waals surface area (Å²) in [6.07, 6.45) is 0.0515. The Bertz CT molecular complexity index is 927. The first-order valence-corrected chi connectivity index (χ1v) is 8.50. The number of thiazole rings is 1. The summed E-state index contributed by atoms with van der Waals surface area (Å²) in [7, 11) is 3.54. The van der Waals surface area contributed by atoms with Crippen LogP contribution < -0.4 is 15.5 Å². The van der Waals surface area contributed by atoms with Crippen LogP contribution in [0.3, 0.4) is 0 Å². The van der Waals surface area contributed by atoms with Crippen LogP contribution >= 0.6 is 11.3 Å². The largest absolute Gasteiger partial charge is 0.320 e. The van der Waals surface area contributed by atoms with E-state index in [1.54, 1.807) is 18.4 Å². The van der Waals surface area contributed by atoms with E-state index < -0.39 is 17.7 Å². The number of anilines is 1. The summed E-state index contributed by atoms with van der Waals surface area (Å²) < 4.78 is 27.6. The molecular weight excluding hydrogens is 343 g/mol. The zero-order valence-corrected chi connectivity index (χ0v) is 14.6. The van der Waals surface area contributed by atoms with Crippen LogP contribution in [0.1, 0.15) is 5.56 Å². The van der Waals surface area contributed by atoms with Crippen molar-refractivity contribution in [1.29, 1.82) is 0 Å². The Balaban J connectivity index is 1.77. The topological polar surface area (TPSA) is 59.2 Å². The molecule has 128 valence electrons. The molecular formula is C17H16BF2N3OS. The normalized spacial score (nSPS) is 12.3. The average molecular weight is 359 g/mol. The van der Waals surface area contributed by atoms with Gasteiger partial charge >= 0.3 is 0 Å². The Morgan fingerprint density at radius 2 is 1.96 bits per heavy atom. The van der Waals surface area contributed by atoms with Gasteiger partial charge in [0.1, 0.15) is 11.6 Å². The van der Waals surface area contributed by atoms with Gasteiger partial charge in [0.25, 0.3) is 0 Å². The van der Waals surface area contributed by atoms with Gasteiger partial charge in [-0.1, -0.05) is 0 Å². The van der Waals surface area contributed by atoms with Gasteiger partial charge in [-0.15, -0.1) is 11.3 Å². The van der Waals surface area contributed by atoms with E-state index in [0.29, 0.717) is 11.3 Å². The number of likely N-dealkylation sites (N-methyl/N-ethyl adjacent to an activating group) is 1. The van der Waals surface area contributed by atoms with E-state index in [-0.39, 0.29) is 12.3 Å². The minimum atomic E-state index is -0.904. The Morgan fingerprint density at radius 1 is 1.28 bits per heavy atom. The number of amides is 1. The first-order chi connectivity index (χ1) is 11.8. The van der Waals surface area contributed by atoms with E-state index in [1.807, 2.05) is 26.0 Å². The molecule has 0 saturated heterocycles. The maximum absolute atomic E-state index is 13.3. The molecule has 1 heterocycles. The van der Waals surface area contributed by atoms with Crippen LogP contribution in [-0.2, 0) is 11.2 Å². The fourth-order valence-electron chi connectivity index (χ4n) is 2.69. The van der Waals surface area contributed by atoms with Gasteiger partial charge in [0.2, 0.25) is 5.91 Å². The summed E-state index contributed by atoms with van der Waals surface area (Å²) in [6.45, 7) is 0. The van der Waals surface area contributed by atoms with Crippen molar-refractivity contribution in [2.45, 2.75) is 12.5 Å². The van der Waals surface area contributed by atoms with Crippen molar-refractivity contribution in [1.82, 2.24) is 4.98 Å². The van der Waals surface area contributed by atoms with Crippen LogP contribution in [0.5, 0.6) is 0 Å². The maximum Gasteiger partial charge on any atom is 0.243 e. The zero-order chi connectivity index (χ0) is 18.1. The van der Waals surface area contributed by atoms with Gasteiger partial charge in [0.05, 0.1) is 16.3 Å². The summed E-state index contributed by atoms with van der Waals surface area (Å²) in [5, 5.41) is 0. The molecule has 25 heavy (non-hydrogen) atoms. The lowest BCUT2D eigenvalue weighted by Gasteiger charge is -2.21. The smallest absolute Gasteiger partial charge is 0.243 e. The number of aromatic nitrogens is 1. The lowest BCUT2D eigenvalue weighted by atomic mass is 10.0. The summed E-state index contributed by atoms with van der Waals surface area (Å²) in [4.78, 5) is 19.4. The number of nitrogens with zero attached hydrogens (tertiary/aromatic N) is 2. The van der Waals surface area contributed by atoms with Gasteiger partial charge < -0.3 is 10.6 Å². The second-order valence-electron chi connectivity index (χ2n) is 5.87. The SMILES string of the molecule is Bc1nc2cc(N(C)C(=O)C(N)Cc3cc(F)cc(F)c3)ccc2s1. The Kier molecular flexibility index (Phi) is 4.83. The van der Waals surface area contributed by atoms with Crippen LogP contribution in [0, 0.1) is 11.6 Å². The van der Waals surface area contributed by atoms with Crippen molar-refractivity contribution in [3.63, 3.8) is 0 Å². The second kappa shape index (κ2) is 6.89. The summed E-state index contributed by atoms with van der Waals surface area (Å²) in [5.74, 6) is -1.71. The van der Waals surface area contributed by atoms with Crippen LogP contribution in [-0.4, -0.2) is 31.8 Å². The molecule has 3 aromatic rings. The van der Waals surface area contributed by atoms with Crippen LogP contribution in [0.25, 0.3) is 10.2 Å². The van der Waals surface area contributed by atoms with Crippen LogP contribution in [0.2, 0.25) is 0 Å². The molecule has 1 unspecified atom stereocenters. The van der Waals surface area contributed by atoms with Gasteiger partial charge in [-0.05, 0) is 42.3 Å². The number of nitrogens with two attached hydrogens (primary N) is 1. The number of carbonyl (C=O) groups excluding carboxylic acids is 1. The highest BCUT2D eigenvalue weighted by molar-refractivity contribution is 7.25. The molecule has 1 amide bonds. The van der Waals surface area contributed by atoms with Crippen molar-refractivity contribution in [3.05, 3.63) is 53.6 Å². The minimum Gasteiger partial charge on any atom is -0.320 e. The second-order valence-corrected chi connectivity index (χ2v) is 7.11. The van der Waals surface area contributed by atoms with Gasteiger partial charge in [-0.3, -0.25) is 9.78 Å². The molecule has 0 bridgehead atoms. The highest BCUT2D eigenvalue weighted by atomic mass is 32.1. The molecule has 0 aliphatic rings. The van der Waals surface area contributed by atoms with Crippen molar-refractivity contribution in [2.75, 3.05) is 11.9 Å². The van der Waals surface area contributed by atoms with E-state index in [9.17, 15) is 13.6 Å². The molecule has 1 atom stereocenters. The predicted molar refractivity (Wildman–Crippen MR) is 99.2 cm³/mol. The van der Waals surface area contributed by atoms with Gasteiger partial charge in [-0.25, -0.2) is 8.78 Å². The Morgan fingerprint density at radius 3 is 2.64 bits per heavy atom. The third-order valence-corrected chi connectivity index (χ3v) is 4.84. The molecule has 4 nitrogen and oxygen atoms in total. The number of rotatable bonds is 4. The molecule has 3 rings (SSSR count). The Labute approximate surface area is 148 Å².